The zero-order valence-corrected chi connectivity index (χ0v) is 12.7. The molecule has 1 N–H and O–H groups in total. The average Bonchev–Trinajstić information content (AvgIpc) is 2.69. The Balaban J connectivity index is 1.88. The number of rotatable bonds is 6. The number of hydrogen-bond donors (Lipinski definition) is 1. The highest BCUT2D eigenvalue weighted by atomic mass is 16.5. The third kappa shape index (κ3) is 3.97. The lowest BCUT2D eigenvalue weighted by Gasteiger charge is -2.30. The summed E-state index contributed by atoms with van der Waals surface area (Å²) in [5.74, 6) is 1.09. The number of fused-ring (bicyclic) bond motifs is 1. The Hall–Kier alpha value is -1.02. The molecule has 0 saturated heterocycles. The molecule has 1 heterocycles. The van der Waals surface area contributed by atoms with E-state index in [1.54, 1.807) is 0 Å². The van der Waals surface area contributed by atoms with E-state index in [1.807, 2.05) is 0 Å². The van der Waals surface area contributed by atoms with E-state index in [1.165, 1.54) is 12.0 Å². The van der Waals surface area contributed by atoms with Gasteiger partial charge in [-0.1, -0.05) is 39.0 Å². The lowest BCUT2D eigenvalue weighted by molar-refractivity contribution is 0.142. The first-order chi connectivity index (χ1) is 9.00. The summed E-state index contributed by atoms with van der Waals surface area (Å²) in [6.07, 6.45) is 3.73. The zero-order chi connectivity index (χ0) is 13.9. The van der Waals surface area contributed by atoms with Crippen LogP contribution in [0.2, 0.25) is 0 Å². The van der Waals surface area contributed by atoms with Gasteiger partial charge in [-0.05, 0) is 43.4 Å². The lowest BCUT2D eigenvalue weighted by Crippen LogP contribution is -2.33. The molecule has 106 valence electrons. The molecular weight excluding hydrogens is 234 g/mol. The van der Waals surface area contributed by atoms with Gasteiger partial charge in [-0.25, -0.2) is 0 Å². The van der Waals surface area contributed by atoms with Gasteiger partial charge in [-0.2, -0.15) is 0 Å². The van der Waals surface area contributed by atoms with Gasteiger partial charge in [0.1, 0.15) is 11.9 Å². The van der Waals surface area contributed by atoms with E-state index in [0.717, 1.165) is 25.1 Å². The molecule has 2 rings (SSSR count). The molecule has 19 heavy (non-hydrogen) atoms. The van der Waals surface area contributed by atoms with E-state index < -0.39 is 0 Å². The van der Waals surface area contributed by atoms with Gasteiger partial charge in [0.2, 0.25) is 0 Å². The standard InChI is InChI=1S/C17H27NO/c1-5-18-13(2)11-17(3,4)12-15-10-14-8-6-7-9-16(14)19-15/h6-9,13,15,18H,5,10-12H2,1-4H3. The predicted octanol–water partition coefficient (Wildman–Crippen LogP) is 3.79. The Morgan fingerprint density at radius 3 is 2.79 bits per heavy atom. The van der Waals surface area contributed by atoms with Gasteiger partial charge >= 0.3 is 0 Å². The third-order valence-corrected chi connectivity index (χ3v) is 3.91. The highest BCUT2D eigenvalue weighted by molar-refractivity contribution is 5.37. The van der Waals surface area contributed by atoms with Crippen molar-refractivity contribution in [3.05, 3.63) is 29.8 Å². The van der Waals surface area contributed by atoms with Crippen LogP contribution in [0.3, 0.4) is 0 Å². The molecule has 1 aromatic rings. The van der Waals surface area contributed by atoms with Gasteiger partial charge in [-0.15, -0.1) is 0 Å². The smallest absolute Gasteiger partial charge is 0.123 e. The van der Waals surface area contributed by atoms with Crippen molar-refractivity contribution < 1.29 is 4.74 Å². The van der Waals surface area contributed by atoms with Gasteiger partial charge in [0.05, 0.1) is 0 Å². The Morgan fingerprint density at radius 2 is 2.11 bits per heavy atom. The second-order valence-corrected chi connectivity index (χ2v) is 6.58. The highest BCUT2D eigenvalue weighted by Gasteiger charge is 2.30. The molecule has 0 amide bonds. The van der Waals surface area contributed by atoms with Crippen molar-refractivity contribution in [2.75, 3.05) is 6.54 Å². The monoisotopic (exact) mass is 261 g/mol. The van der Waals surface area contributed by atoms with E-state index in [9.17, 15) is 0 Å². The van der Waals surface area contributed by atoms with Crippen molar-refractivity contribution in [1.29, 1.82) is 0 Å². The van der Waals surface area contributed by atoms with E-state index in [-0.39, 0.29) is 0 Å². The number of hydrogen-bond acceptors (Lipinski definition) is 2. The van der Waals surface area contributed by atoms with Gasteiger partial charge in [0, 0.05) is 12.5 Å². The first-order valence-corrected chi connectivity index (χ1v) is 7.48. The molecular formula is C17H27NO. The van der Waals surface area contributed by atoms with E-state index in [4.69, 9.17) is 4.74 Å². The second kappa shape index (κ2) is 5.96. The lowest BCUT2D eigenvalue weighted by atomic mass is 9.80. The number of benzene rings is 1. The number of para-hydroxylation sites is 1. The fourth-order valence-corrected chi connectivity index (χ4v) is 3.32. The maximum atomic E-state index is 6.06. The largest absolute Gasteiger partial charge is 0.490 e. The molecule has 0 radical (unpaired) electrons. The minimum absolute atomic E-state index is 0.314. The summed E-state index contributed by atoms with van der Waals surface area (Å²) in [7, 11) is 0. The minimum Gasteiger partial charge on any atom is -0.490 e. The van der Waals surface area contributed by atoms with Crippen LogP contribution < -0.4 is 10.1 Å². The molecule has 0 spiro atoms. The van der Waals surface area contributed by atoms with Crippen molar-refractivity contribution in [2.45, 2.75) is 59.1 Å². The minimum atomic E-state index is 0.314. The zero-order valence-electron chi connectivity index (χ0n) is 12.7. The predicted molar refractivity (Wildman–Crippen MR) is 80.7 cm³/mol. The summed E-state index contributed by atoms with van der Waals surface area (Å²) in [6.45, 7) is 10.2. The molecule has 0 fully saturated rings. The highest BCUT2D eigenvalue weighted by Crippen LogP contribution is 2.36. The molecule has 0 bridgehead atoms. The van der Waals surface area contributed by atoms with Crippen LogP contribution in [0.5, 0.6) is 5.75 Å². The molecule has 1 aromatic carbocycles. The molecule has 2 unspecified atom stereocenters. The second-order valence-electron chi connectivity index (χ2n) is 6.58. The summed E-state index contributed by atoms with van der Waals surface area (Å²) in [5.41, 5.74) is 1.68. The molecule has 0 aliphatic carbocycles. The fourth-order valence-electron chi connectivity index (χ4n) is 3.32. The Labute approximate surface area is 117 Å². The first-order valence-electron chi connectivity index (χ1n) is 7.48. The van der Waals surface area contributed by atoms with Gasteiger partial charge < -0.3 is 10.1 Å². The Bertz CT molecular complexity index is 388. The topological polar surface area (TPSA) is 21.3 Å². The quantitative estimate of drug-likeness (QED) is 0.841. The van der Waals surface area contributed by atoms with Gasteiger partial charge in [-0.3, -0.25) is 0 Å². The van der Waals surface area contributed by atoms with Crippen molar-refractivity contribution in [3.8, 4) is 5.75 Å². The van der Waals surface area contributed by atoms with Crippen LogP contribution in [-0.2, 0) is 6.42 Å². The SMILES string of the molecule is CCNC(C)CC(C)(C)CC1Cc2ccccc2O1. The normalized spacial score (nSPS) is 19.9. The van der Waals surface area contributed by atoms with Crippen LogP contribution in [0, 0.1) is 5.41 Å². The Kier molecular flexibility index (Phi) is 4.51. The molecule has 0 aromatic heterocycles. The molecule has 1 aliphatic heterocycles. The van der Waals surface area contributed by atoms with Crippen LogP contribution in [0.1, 0.15) is 46.1 Å². The summed E-state index contributed by atoms with van der Waals surface area (Å²) < 4.78 is 6.06. The summed E-state index contributed by atoms with van der Waals surface area (Å²) in [6, 6.07) is 9.00. The van der Waals surface area contributed by atoms with Crippen LogP contribution in [-0.4, -0.2) is 18.7 Å². The molecule has 2 atom stereocenters. The van der Waals surface area contributed by atoms with Crippen LogP contribution in [0.25, 0.3) is 0 Å². The third-order valence-electron chi connectivity index (χ3n) is 3.91. The maximum absolute atomic E-state index is 6.06. The van der Waals surface area contributed by atoms with E-state index >= 15 is 0 Å². The van der Waals surface area contributed by atoms with E-state index in [2.05, 4.69) is 57.3 Å². The number of ether oxygens (including phenoxy) is 1. The molecule has 2 nitrogen and oxygen atoms in total. The summed E-state index contributed by atoms with van der Waals surface area (Å²) in [4.78, 5) is 0. The molecule has 0 saturated carbocycles. The average molecular weight is 261 g/mol. The van der Waals surface area contributed by atoms with Crippen LogP contribution >= 0.6 is 0 Å². The first kappa shape index (κ1) is 14.4. The molecule has 1 aliphatic rings. The van der Waals surface area contributed by atoms with Crippen molar-refractivity contribution >= 4 is 0 Å². The van der Waals surface area contributed by atoms with Crippen molar-refractivity contribution in [1.82, 2.24) is 5.32 Å². The van der Waals surface area contributed by atoms with E-state index in [0.29, 0.717) is 17.6 Å². The van der Waals surface area contributed by atoms with Crippen LogP contribution in [0.4, 0.5) is 0 Å². The Morgan fingerprint density at radius 1 is 1.37 bits per heavy atom. The molecule has 2 heteroatoms. The van der Waals surface area contributed by atoms with Crippen LogP contribution in [0.15, 0.2) is 24.3 Å². The summed E-state index contributed by atoms with van der Waals surface area (Å²) >= 11 is 0. The summed E-state index contributed by atoms with van der Waals surface area (Å²) in [5, 5.41) is 3.50. The number of nitrogens with one attached hydrogen (secondary N) is 1. The fraction of sp³-hybridized carbons (Fsp3) is 0.647. The maximum Gasteiger partial charge on any atom is 0.123 e. The van der Waals surface area contributed by atoms with Gasteiger partial charge in [0.15, 0.2) is 0 Å². The van der Waals surface area contributed by atoms with Crippen molar-refractivity contribution in [3.63, 3.8) is 0 Å². The van der Waals surface area contributed by atoms with Gasteiger partial charge in [0.25, 0.3) is 0 Å². The van der Waals surface area contributed by atoms with Crippen molar-refractivity contribution in [2.24, 2.45) is 5.41 Å².